The molecule has 0 bridgehead atoms. The smallest absolute Gasteiger partial charge is 0.253 e. The van der Waals surface area contributed by atoms with Gasteiger partial charge in [0, 0.05) is 25.1 Å². The van der Waals surface area contributed by atoms with E-state index in [-0.39, 0.29) is 23.3 Å². The van der Waals surface area contributed by atoms with Crippen molar-refractivity contribution in [3.05, 3.63) is 23.8 Å². The fraction of sp³-hybridized carbons (Fsp3) is 0.400. The molecule has 0 aliphatic heterocycles. The second-order valence-electron chi connectivity index (χ2n) is 5.83. The van der Waals surface area contributed by atoms with Crippen LogP contribution in [0.15, 0.2) is 18.2 Å². The van der Waals surface area contributed by atoms with E-state index in [4.69, 9.17) is 0 Å². The van der Waals surface area contributed by atoms with Gasteiger partial charge in [0.1, 0.15) is 0 Å². The van der Waals surface area contributed by atoms with Gasteiger partial charge >= 0.3 is 0 Å². The van der Waals surface area contributed by atoms with E-state index in [0.717, 1.165) is 0 Å². The number of anilines is 2. The summed E-state index contributed by atoms with van der Waals surface area (Å²) in [5.74, 6) is -0.809. The van der Waals surface area contributed by atoms with E-state index >= 15 is 0 Å². The Labute approximate surface area is 124 Å². The van der Waals surface area contributed by atoms with E-state index in [0.29, 0.717) is 16.9 Å². The number of hydrogen-bond donors (Lipinski definition) is 3. The van der Waals surface area contributed by atoms with Crippen LogP contribution in [0.25, 0.3) is 0 Å². The summed E-state index contributed by atoms with van der Waals surface area (Å²) in [5.41, 5.74) is 0.823. The van der Waals surface area contributed by atoms with Crippen molar-refractivity contribution >= 4 is 29.1 Å². The van der Waals surface area contributed by atoms with Crippen molar-refractivity contribution in [2.75, 3.05) is 10.6 Å². The molecular formula is C15H21N3O3. The first-order chi connectivity index (χ1) is 9.58. The third-order valence-electron chi connectivity index (χ3n) is 2.38. The normalized spacial score (nSPS) is 10.7. The first-order valence-corrected chi connectivity index (χ1v) is 6.60. The van der Waals surface area contributed by atoms with Crippen LogP contribution >= 0.6 is 0 Å². The van der Waals surface area contributed by atoms with Gasteiger partial charge in [-0.3, -0.25) is 14.4 Å². The molecule has 1 rings (SSSR count). The average Bonchev–Trinajstić information content (AvgIpc) is 2.24. The topological polar surface area (TPSA) is 87.3 Å². The molecular weight excluding hydrogens is 270 g/mol. The summed E-state index contributed by atoms with van der Waals surface area (Å²) >= 11 is 0. The molecule has 0 heterocycles. The Morgan fingerprint density at radius 3 is 2.00 bits per heavy atom. The first-order valence-electron chi connectivity index (χ1n) is 6.60. The van der Waals surface area contributed by atoms with Crippen LogP contribution in [0.3, 0.4) is 0 Å². The summed E-state index contributed by atoms with van der Waals surface area (Å²) in [4.78, 5) is 34.6. The number of carbonyl (C=O) groups is 3. The Morgan fingerprint density at radius 1 is 0.952 bits per heavy atom. The Bertz CT molecular complexity index is 574. The van der Waals surface area contributed by atoms with Gasteiger partial charge in [0.2, 0.25) is 11.8 Å². The van der Waals surface area contributed by atoms with Gasteiger partial charge in [0.05, 0.1) is 11.3 Å². The standard InChI is InChI=1S/C15H21N3O3/c1-9(19)16-11-6-7-12(13(8-11)17-10(2)20)14(21)18-15(3,4)5/h6-8H,1-5H3,(H,16,19)(H,17,20)(H,18,21). The summed E-state index contributed by atoms with van der Waals surface area (Å²) in [5, 5.41) is 8.05. The Morgan fingerprint density at radius 2 is 1.52 bits per heavy atom. The van der Waals surface area contributed by atoms with Crippen molar-refractivity contribution in [3.8, 4) is 0 Å². The van der Waals surface area contributed by atoms with Crippen molar-refractivity contribution in [2.45, 2.75) is 40.2 Å². The number of rotatable bonds is 3. The second kappa shape index (κ2) is 6.39. The molecule has 0 spiro atoms. The van der Waals surface area contributed by atoms with Crippen molar-refractivity contribution in [1.82, 2.24) is 5.32 Å². The van der Waals surface area contributed by atoms with E-state index in [9.17, 15) is 14.4 Å². The Kier molecular flexibility index (Phi) is 5.07. The molecule has 0 atom stereocenters. The summed E-state index contributed by atoms with van der Waals surface area (Å²) in [6, 6.07) is 4.74. The van der Waals surface area contributed by atoms with Crippen molar-refractivity contribution in [1.29, 1.82) is 0 Å². The maximum atomic E-state index is 12.2. The van der Waals surface area contributed by atoms with Crippen LogP contribution in [0.2, 0.25) is 0 Å². The van der Waals surface area contributed by atoms with E-state index in [1.807, 2.05) is 20.8 Å². The van der Waals surface area contributed by atoms with Crippen LogP contribution < -0.4 is 16.0 Å². The minimum Gasteiger partial charge on any atom is -0.347 e. The monoisotopic (exact) mass is 291 g/mol. The first kappa shape index (κ1) is 16.7. The average molecular weight is 291 g/mol. The van der Waals surface area contributed by atoms with Gasteiger partial charge < -0.3 is 16.0 Å². The maximum Gasteiger partial charge on any atom is 0.253 e. The molecule has 0 radical (unpaired) electrons. The highest BCUT2D eigenvalue weighted by Gasteiger charge is 2.19. The lowest BCUT2D eigenvalue weighted by molar-refractivity contribution is -0.115. The van der Waals surface area contributed by atoms with Gasteiger partial charge in [0.25, 0.3) is 5.91 Å². The van der Waals surface area contributed by atoms with Crippen LogP contribution in [-0.4, -0.2) is 23.3 Å². The molecule has 0 saturated carbocycles. The van der Waals surface area contributed by atoms with Gasteiger partial charge in [-0.2, -0.15) is 0 Å². The number of benzene rings is 1. The minimum absolute atomic E-state index is 0.226. The number of amides is 3. The lowest BCUT2D eigenvalue weighted by Gasteiger charge is -2.21. The molecule has 3 amide bonds. The number of nitrogens with one attached hydrogen (secondary N) is 3. The van der Waals surface area contributed by atoms with Gasteiger partial charge in [-0.25, -0.2) is 0 Å². The molecule has 0 aliphatic rings. The van der Waals surface area contributed by atoms with Gasteiger partial charge in [-0.15, -0.1) is 0 Å². The predicted octanol–water partition coefficient (Wildman–Crippen LogP) is 2.13. The van der Waals surface area contributed by atoms with Crippen molar-refractivity contribution < 1.29 is 14.4 Å². The molecule has 1 aromatic rings. The fourth-order valence-electron chi connectivity index (χ4n) is 1.72. The SMILES string of the molecule is CC(=O)Nc1ccc(C(=O)NC(C)(C)C)c(NC(C)=O)c1. The van der Waals surface area contributed by atoms with Gasteiger partial charge in [0.15, 0.2) is 0 Å². The number of hydrogen-bond acceptors (Lipinski definition) is 3. The number of carbonyl (C=O) groups excluding carboxylic acids is 3. The summed E-state index contributed by atoms with van der Waals surface area (Å²) < 4.78 is 0. The zero-order chi connectivity index (χ0) is 16.2. The van der Waals surface area contributed by atoms with E-state index in [2.05, 4.69) is 16.0 Å². The molecule has 0 fully saturated rings. The minimum atomic E-state index is -0.388. The highest BCUT2D eigenvalue weighted by Crippen LogP contribution is 2.22. The summed E-state index contributed by atoms with van der Waals surface area (Å²) in [6.07, 6.45) is 0. The van der Waals surface area contributed by atoms with E-state index < -0.39 is 0 Å². The molecule has 0 aliphatic carbocycles. The molecule has 21 heavy (non-hydrogen) atoms. The third kappa shape index (κ3) is 5.64. The van der Waals surface area contributed by atoms with Gasteiger partial charge in [-0.05, 0) is 39.0 Å². The molecule has 0 saturated heterocycles. The highest BCUT2D eigenvalue weighted by molar-refractivity contribution is 6.04. The molecule has 1 aromatic carbocycles. The Hall–Kier alpha value is -2.37. The molecule has 0 unspecified atom stereocenters. The lowest BCUT2D eigenvalue weighted by Crippen LogP contribution is -2.40. The van der Waals surface area contributed by atoms with Crippen LogP contribution in [0.5, 0.6) is 0 Å². The van der Waals surface area contributed by atoms with Crippen LogP contribution in [0.1, 0.15) is 45.0 Å². The van der Waals surface area contributed by atoms with Crippen molar-refractivity contribution in [2.24, 2.45) is 0 Å². The summed E-state index contributed by atoms with van der Waals surface area (Å²) in [7, 11) is 0. The third-order valence-corrected chi connectivity index (χ3v) is 2.38. The molecule has 0 aromatic heterocycles. The van der Waals surface area contributed by atoms with E-state index in [1.54, 1.807) is 18.2 Å². The summed E-state index contributed by atoms with van der Waals surface area (Å²) in [6.45, 7) is 8.35. The zero-order valence-corrected chi connectivity index (χ0v) is 13.0. The maximum absolute atomic E-state index is 12.2. The zero-order valence-electron chi connectivity index (χ0n) is 13.0. The lowest BCUT2D eigenvalue weighted by atomic mass is 10.1. The quantitative estimate of drug-likeness (QED) is 0.797. The van der Waals surface area contributed by atoms with Crippen molar-refractivity contribution in [3.63, 3.8) is 0 Å². The van der Waals surface area contributed by atoms with Crippen LogP contribution in [0.4, 0.5) is 11.4 Å². The molecule has 114 valence electrons. The Balaban J connectivity index is 3.15. The second-order valence-corrected chi connectivity index (χ2v) is 5.83. The fourth-order valence-corrected chi connectivity index (χ4v) is 1.72. The van der Waals surface area contributed by atoms with Gasteiger partial charge in [-0.1, -0.05) is 0 Å². The van der Waals surface area contributed by atoms with Crippen LogP contribution in [-0.2, 0) is 9.59 Å². The molecule has 6 nitrogen and oxygen atoms in total. The molecule has 6 heteroatoms. The van der Waals surface area contributed by atoms with E-state index in [1.165, 1.54) is 13.8 Å². The highest BCUT2D eigenvalue weighted by atomic mass is 16.2. The van der Waals surface area contributed by atoms with Crippen LogP contribution in [0, 0.1) is 0 Å². The predicted molar refractivity (Wildman–Crippen MR) is 82.3 cm³/mol. The molecule has 3 N–H and O–H groups in total. The largest absolute Gasteiger partial charge is 0.347 e.